The minimum atomic E-state index is -1.70. The van der Waals surface area contributed by atoms with Crippen LogP contribution in [0.3, 0.4) is 0 Å². The average Bonchev–Trinajstić information content (AvgIpc) is 2.74. The summed E-state index contributed by atoms with van der Waals surface area (Å²) in [7, 11) is 0. The van der Waals surface area contributed by atoms with Crippen LogP contribution in [0.5, 0.6) is 0 Å². The molecule has 0 heterocycles. The van der Waals surface area contributed by atoms with Crippen LogP contribution in [0.15, 0.2) is 66.7 Å². The smallest absolute Gasteiger partial charge is 0.338 e. The second kappa shape index (κ2) is 8.60. The second-order valence-electron chi connectivity index (χ2n) is 6.20. The van der Waals surface area contributed by atoms with Gasteiger partial charge in [0.2, 0.25) is 0 Å². The molecule has 0 unspecified atom stereocenters. The van der Waals surface area contributed by atoms with Crippen molar-refractivity contribution in [3.63, 3.8) is 0 Å². The SMILES string of the molecule is C[C@H](OC(=O)c1ccc(-c2ccccc2)cc1)C(=O)Nc1ccc(F)c(F)c1F. The normalized spacial score (nSPS) is 11.6. The van der Waals surface area contributed by atoms with Crippen molar-refractivity contribution in [3.05, 3.63) is 89.7 Å². The zero-order valence-electron chi connectivity index (χ0n) is 15.3. The Morgan fingerprint density at radius 3 is 2.10 bits per heavy atom. The molecule has 0 aliphatic rings. The van der Waals surface area contributed by atoms with Gasteiger partial charge < -0.3 is 10.1 Å². The molecular weight excluding hydrogens is 383 g/mol. The van der Waals surface area contributed by atoms with E-state index in [4.69, 9.17) is 4.74 Å². The third kappa shape index (κ3) is 4.63. The van der Waals surface area contributed by atoms with Crippen LogP contribution in [0, 0.1) is 17.5 Å². The number of hydrogen-bond acceptors (Lipinski definition) is 3. The number of nitrogens with one attached hydrogen (secondary N) is 1. The van der Waals surface area contributed by atoms with Gasteiger partial charge in [0.25, 0.3) is 5.91 Å². The van der Waals surface area contributed by atoms with Crippen molar-refractivity contribution in [1.82, 2.24) is 0 Å². The second-order valence-corrected chi connectivity index (χ2v) is 6.20. The van der Waals surface area contributed by atoms with Crippen molar-refractivity contribution in [2.45, 2.75) is 13.0 Å². The number of hydrogen-bond donors (Lipinski definition) is 1. The highest BCUT2D eigenvalue weighted by molar-refractivity contribution is 5.97. The maximum Gasteiger partial charge on any atom is 0.338 e. The Bertz CT molecular complexity index is 1040. The van der Waals surface area contributed by atoms with Gasteiger partial charge in [-0.1, -0.05) is 42.5 Å². The number of amides is 1. The molecule has 3 aromatic carbocycles. The summed E-state index contributed by atoms with van der Waals surface area (Å²) in [5.41, 5.74) is 1.56. The molecule has 1 N–H and O–H groups in total. The van der Waals surface area contributed by atoms with Gasteiger partial charge in [0.05, 0.1) is 11.3 Å². The molecule has 1 amide bonds. The van der Waals surface area contributed by atoms with E-state index < -0.39 is 41.1 Å². The van der Waals surface area contributed by atoms with Gasteiger partial charge in [-0.3, -0.25) is 4.79 Å². The molecular formula is C22H16F3NO3. The van der Waals surface area contributed by atoms with E-state index >= 15 is 0 Å². The molecule has 0 aliphatic heterocycles. The van der Waals surface area contributed by atoms with Crippen LogP contribution < -0.4 is 5.32 Å². The van der Waals surface area contributed by atoms with Crippen LogP contribution >= 0.6 is 0 Å². The summed E-state index contributed by atoms with van der Waals surface area (Å²) in [5, 5.41) is 2.07. The summed E-state index contributed by atoms with van der Waals surface area (Å²) < 4.78 is 44.9. The fourth-order valence-corrected chi connectivity index (χ4v) is 2.57. The largest absolute Gasteiger partial charge is 0.449 e. The van der Waals surface area contributed by atoms with Gasteiger partial charge in [0, 0.05) is 0 Å². The highest BCUT2D eigenvalue weighted by Gasteiger charge is 2.22. The average molecular weight is 399 g/mol. The molecule has 0 fully saturated rings. The van der Waals surface area contributed by atoms with Crippen LogP contribution in [-0.2, 0) is 9.53 Å². The molecule has 7 heteroatoms. The Balaban J connectivity index is 1.64. The minimum Gasteiger partial charge on any atom is -0.449 e. The summed E-state index contributed by atoms with van der Waals surface area (Å²) in [4.78, 5) is 24.3. The zero-order chi connectivity index (χ0) is 21.0. The topological polar surface area (TPSA) is 55.4 Å². The Morgan fingerprint density at radius 2 is 1.45 bits per heavy atom. The minimum absolute atomic E-state index is 0.225. The van der Waals surface area contributed by atoms with Crippen LogP contribution in [0.1, 0.15) is 17.3 Å². The summed E-state index contributed by atoms with van der Waals surface area (Å²) in [6, 6.07) is 17.7. The number of benzene rings is 3. The van der Waals surface area contributed by atoms with Gasteiger partial charge in [0.15, 0.2) is 23.6 Å². The predicted octanol–water partition coefficient (Wildman–Crippen LogP) is 4.95. The third-order valence-corrected chi connectivity index (χ3v) is 4.17. The molecule has 0 saturated heterocycles. The van der Waals surface area contributed by atoms with Crippen molar-refractivity contribution < 1.29 is 27.5 Å². The van der Waals surface area contributed by atoms with Gasteiger partial charge in [-0.15, -0.1) is 0 Å². The van der Waals surface area contributed by atoms with E-state index in [1.807, 2.05) is 30.3 Å². The van der Waals surface area contributed by atoms with Crippen LogP contribution in [-0.4, -0.2) is 18.0 Å². The molecule has 3 rings (SSSR count). The van der Waals surface area contributed by atoms with E-state index in [0.29, 0.717) is 6.07 Å². The lowest BCUT2D eigenvalue weighted by Crippen LogP contribution is -2.30. The van der Waals surface area contributed by atoms with Crippen molar-refractivity contribution in [1.29, 1.82) is 0 Å². The van der Waals surface area contributed by atoms with Crippen molar-refractivity contribution in [2.75, 3.05) is 5.32 Å². The molecule has 0 spiro atoms. The molecule has 0 radical (unpaired) electrons. The van der Waals surface area contributed by atoms with E-state index in [1.54, 1.807) is 24.3 Å². The van der Waals surface area contributed by atoms with Crippen molar-refractivity contribution in [3.8, 4) is 11.1 Å². The van der Waals surface area contributed by atoms with Crippen LogP contribution in [0.4, 0.5) is 18.9 Å². The molecule has 4 nitrogen and oxygen atoms in total. The van der Waals surface area contributed by atoms with E-state index in [-0.39, 0.29) is 5.56 Å². The number of esters is 1. The number of carbonyl (C=O) groups excluding carboxylic acids is 2. The first-order valence-corrected chi connectivity index (χ1v) is 8.67. The van der Waals surface area contributed by atoms with Crippen molar-refractivity contribution in [2.24, 2.45) is 0 Å². The van der Waals surface area contributed by atoms with E-state index in [9.17, 15) is 22.8 Å². The Labute approximate surface area is 164 Å². The van der Waals surface area contributed by atoms with Gasteiger partial charge in [0.1, 0.15) is 0 Å². The van der Waals surface area contributed by atoms with Gasteiger partial charge in [-0.25, -0.2) is 18.0 Å². The predicted molar refractivity (Wildman–Crippen MR) is 102 cm³/mol. The first-order chi connectivity index (χ1) is 13.9. The van der Waals surface area contributed by atoms with Crippen LogP contribution in [0.25, 0.3) is 11.1 Å². The van der Waals surface area contributed by atoms with Crippen LogP contribution in [0.2, 0.25) is 0 Å². The molecule has 0 aliphatic carbocycles. The maximum absolute atomic E-state index is 13.7. The lowest BCUT2D eigenvalue weighted by Gasteiger charge is -2.14. The molecule has 0 bridgehead atoms. The first-order valence-electron chi connectivity index (χ1n) is 8.67. The fourth-order valence-electron chi connectivity index (χ4n) is 2.57. The molecule has 3 aromatic rings. The monoisotopic (exact) mass is 399 g/mol. The van der Waals surface area contributed by atoms with Gasteiger partial charge in [-0.05, 0) is 42.3 Å². The lowest BCUT2D eigenvalue weighted by atomic mass is 10.0. The van der Waals surface area contributed by atoms with E-state index in [0.717, 1.165) is 17.2 Å². The Hall–Kier alpha value is -3.61. The molecule has 0 aromatic heterocycles. The quantitative estimate of drug-likeness (QED) is 0.488. The maximum atomic E-state index is 13.7. The molecule has 148 valence electrons. The Kier molecular flexibility index (Phi) is 5.97. The number of ether oxygens (including phenoxy) is 1. The highest BCUT2D eigenvalue weighted by atomic mass is 19.2. The summed E-state index contributed by atoms with van der Waals surface area (Å²) in [6.45, 7) is 1.28. The molecule has 29 heavy (non-hydrogen) atoms. The number of rotatable bonds is 5. The number of anilines is 1. The third-order valence-electron chi connectivity index (χ3n) is 4.17. The standard InChI is InChI=1S/C22H16F3NO3/c1-13(21(27)26-18-12-11-17(23)19(24)20(18)25)29-22(28)16-9-7-15(8-10-16)14-5-3-2-4-6-14/h2-13H,1H3,(H,26,27)/t13-/m0/s1. The summed E-state index contributed by atoms with van der Waals surface area (Å²) in [6.07, 6.45) is -1.29. The van der Waals surface area contributed by atoms with Gasteiger partial charge >= 0.3 is 5.97 Å². The highest BCUT2D eigenvalue weighted by Crippen LogP contribution is 2.21. The number of carbonyl (C=O) groups is 2. The number of halogens is 3. The molecule has 0 saturated carbocycles. The lowest BCUT2D eigenvalue weighted by molar-refractivity contribution is -0.123. The Morgan fingerprint density at radius 1 is 0.828 bits per heavy atom. The van der Waals surface area contributed by atoms with E-state index in [2.05, 4.69) is 5.32 Å². The summed E-state index contributed by atoms with van der Waals surface area (Å²) in [5.74, 6) is -6.25. The summed E-state index contributed by atoms with van der Waals surface area (Å²) >= 11 is 0. The van der Waals surface area contributed by atoms with E-state index in [1.165, 1.54) is 6.92 Å². The zero-order valence-corrected chi connectivity index (χ0v) is 15.3. The van der Waals surface area contributed by atoms with Gasteiger partial charge in [-0.2, -0.15) is 0 Å². The fraction of sp³-hybridized carbons (Fsp3) is 0.0909. The first kappa shape index (κ1) is 20.1. The van der Waals surface area contributed by atoms with Crippen molar-refractivity contribution >= 4 is 17.6 Å². The molecule has 1 atom stereocenters.